The Morgan fingerprint density at radius 3 is 2.54 bits per heavy atom. The number of aldehydes is 1. The molecule has 0 fully saturated rings. The molecule has 0 aliphatic carbocycles. The van der Waals surface area contributed by atoms with Crippen molar-refractivity contribution in [1.82, 2.24) is 0 Å². The number of Topliss-reactive ketones (excluding diaryl/α,β-unsaturated/α-hetero) is 1. The van der Waals surface area contributed by atoms with E-state index in [1.54, 1.807) is 6.92 Å². The molecule has 13 heavy (non-hydrogen) atoms. The normalized spacial score (nSPS) is 11.8. The average Bonchev–Trinajstić information content (AvgIpc) is 2.04. The molecule has 1 unspecified atom stereocenters. The molecule has 4 nitrogen and oxygen atoms in total. The van der Waals surface area contributed by atoms with Gasteiger partial charge in [0.1, 0.15) is 18.5 Å². The summed E-state index contributed by atoms with van der Waals surface area (Å²) in [5.74, 6) is -0.695. The van der Waals surface area contributed by atoms with Crippen LogP contribution in [0.2, 0.25) is 0 Å². The van der Waals surface area contributed by atoms with Crippen molar-refractivity contribution in [2.24, 2.45) is 5.92 Å². The minimum atomic E-state index is -0.525. The van der Waals surface area contributed by atoms with Crippen LogP contribution in [-0.4, -0.2) is 25.1 Å². The van der Waals surface area contributed by atoms with Gasteiger partial charge in [0.25, 0.3) is 0 Å². The van der Waals surface area contributed by atoms with Crippen LogP contribution in [0.1, 0.15) is 26.2 Å². The number of hydrogen-bond acceptors (Lipinski definition) is 4. The Bertz CT molecular complexity index is 198. The molecule has 74 valence electrons. The first-order chi connectivity index (χ1) is 6.10. The van der Waals surface area contributed by atoms with Gasteiger partial charge in [-0.2, -0.15) is 0 Å². The number of rotatable bonds is 6. The van der Waals surface area contributed by atoms with Gasteiger partial charge in [-0.05, 0) is 5.92 Å². The minimum absolute atomic E-state index is 0.00894. The average molecular weight is 186 g/mol. The summed E-state index contributed by atoms with van der Waals surface area (Å²) in [6, 6.07) is 0. The van der Waals surface area contributed by atoms with Crippen molar-refractivity contribution in [3.05, 3.63) is 0 Å². The molecule has 0 aliphatic rings. The first-order valence-electron chi connectivity index (χ1n) is 4.12. The lowest BCUT2D eigenvalue weighted by Crippen LogP contribution is -2.12. The van der Waals surface area contributed by atoms with Gasteiger partial charge < -0.3 is 9.53 Å². The number of methoxy groups -OCH3 is 1. The van der Waals surface area contributed by atoms with Crippen molar-refractivity contribution >= 4 is 18.0 Å². The number of esters is 1. The van der Waals surface area contributed by atoms with Gasteiger partial charge in [0, 0.05) is 12.8 Å². The van der Waals surface area contributed by atoms with Crippen LogP contribution in [0.25, 0.3) is 0 Å². The van der Waals surface area contributed by atoms with Crippen molar-refractivity contribution in [2.45, 2.75) is 26.2 Å². The van der Waals surface area contributed by atoms with E-state index in [0.717, 1.165) is 6.29 Å². The molecule has 1 atom stereocenters. The third-order valence-corrected chi connectivity index (χ3v) is 1.64. The molecule has 0 heterocycles. The summed E-state index contributed by atoms with van der Waals surface area (Å²) >= 11 is 0. The van der Waals surface area contributed by atoms with E-state index in [-0.39, 0.29) is 24.5 Å². The van der Waals surface area contributed by atoms with Crippen LogP contribution in [0.5, 0.6) is 0 Å². The SMILES string of the molecule is COC(=O)CC(=O)CC(C)CC=O. The second-order valence-corrected chi connectivity index (χ2v) is 3.00. The number of carbonyl (C=O) groups excluding carboxylic acids is 3. The fourth-order valence-electron chi connectivity index (χ4n) is 0.942. The lowest BCUT2D eigenvalue weighted by atomic mass is 10.0. The first kappa shape index (κ1) is 11.8. The molecule has 0 saturated carbocycles. The maximum atomic E-state index is 11.1. The number of carbonyl (C=O) groups is 3. The van der Waals surface area contributed by atoms with Gasteiger partial charge in [-0.25, -0.2) is 0 Å². The van der Waals surface area contributed by atoms with E-state index in [4.69, 9.17) is 0 Å². The molecule has 0 spiro atoms. The second-order valence-electron chi connectivity index (χ2n) is 3.00. The van der Waals surface area contributed by atoms with Crippen LogP contribution in [0.15, 0.2) is 0 Å². The summed E-state index contributed by atoms with van der Waals surface area (Å²) in [6.45, 7) is 1.80. The molecule has 0 aromatic heterocycles. The highest BCUT2D eigenvalue weighted by molar-refractivity contribution is 5.95. The predicted molar refractivity (Wildman–Crippen MR) is 46.1 cm³/mol. The zero-order valence-corrected chi connectivity index (χ0v) is 7.91. The molecule has 0 N–H and O–H groups in total. The van der Waals surface area contributed by atoms with Crippen molar-refractivity contribution in [3.63, 3.8) is 0 Å². The molecule has 0 rings (SSSR count). The van der Waals surface area contributed by atoms with Gasteiger partial charge in [-0.15, -0.1) is 0 Å². The summed E-state index contributed by atoms with van der Waals surface area (Å²) in [7, 11) is 1.24. The van der Waals surface area contributed by atoms with Crippen LogP contribution in [0.3, 0.4) is 0 Å². The maximum Gasteiger partial charge on any atom is 0.313 e. The molecule has 0 aromatic rings. The molecule has 0 bridgehead atoms. The highest BCUT2D eigenvalue weighted by Crippen LogP contribution is 2.07. The fourth-order valence-corrected chi connectivity index (χ4v) is 0.942. The van der Waals surface area contributed by atoms with Crippen molar-refractivity contribution < 1.29 is 19.1 Å². The van der Waals surface area contributed by atoms with Crippen molar-refractivity contribution in [1.29, 1.82) is 0 Å². The van der Waals surface area contributed by atoms with E-state index in [1.165, 1.54) is 7.11 Å². The van der Waals surface area contributed by atoms with E-state index < -0.39 is 5.97 Å². The largest absolute Gasteiger partial charge is 0.469 e. The van der Waals surface area contributed by atoms with Crippen LogP contribution in [-0.2, 0) is 19.1 Å². The van der Waals surface area contributed by atoms with Crippen LogP contribution in [0, 0.1) is 5.92 Å². The third-order valence-electron chi connectivity index (χ3n) is 1.64. The lowest BCUT2D eigenvalue weighted by Gasteiger charge is -2.04. The topological polar surface area (TPSA) is 60.4 Å². The fraction of sp³-hybridized carbons (Fsp3) is 0.667. The van der Waals surface area contributed by atoms with Gasteiger partial charge in [0.15, 0.2) is 0 Å². The quantitative estimate of drug-likeness (QED) is 0.348. The zero-order chi connectivity index (χ0) is 10.3. The van der Waals surface area contributed by atoms with Crippen LogP contribution >= 0.6 is 0 Å². The standard InChI is InChI=1S/C9H14O4/c1-7(3-4-10)5-8(11)6-9(12)13-2/h4,7H,3,5-6H2,1-2H3. The summed E-state index contributed by atoms with van der Waals surface area (Å²) in [5, 5.41) is 0. The zero-order valence-electron chi connectivity index (χ0n) is 7.91. The molecule has 0 aliphatic heterocycles. The van der Waals surface area contributed by atoms with Gasteiger partial charge in [0.05, 0.1) is 7.11 Å². The van der Waals surface area contributed by atoms with E-state index in [0.29, 0.717) is 6.42 Å². The van der Waals surface area contributed by atoms with Crippen molar-refractivity contribution in [3.8, 4) is 0 Å². The van der Waals surface area contributed by atoms with Gasteiger partial charge in [-0.3, -0.25) is 9.59 Å². The van der Waals surface area contributed by atoms with Gasteiger partial charge >= 0.3 is 5.97 Å². The smallest absolute Gasteiger partial charge is 0.313 e. The van der Waals surface area contributed by atoms with Crippen molar-refractivity contribution in [2.75, 3.05) is 7.11 Å². The molecule has 0 aromatic carbocycles. The molecule has 0 radical (unpaired) electrons. The monoisotopic (exact) mass is 186 g/mol. The van der Waals surface area contributed by atoms with Crippen LogP contribution < -0.4 is 0 Å². The summed E-state index contributed by atoms with van der Waals surface area (Å²) in [6.07, 6.45) is 1.19. The highest BCUT2D eigenvalue weighted by atomic mass is 16.5. The molecule has 0 saturated heterocycles. The summed E-state index contributed by atoms with van der Waals surface area (Å²) in [4.78, 5) is 31.8. The highest BCUT2D eigenvalue weighted by Gasteiger charge is 2.12. The molecule has 4 heteroatoms. The second kappa shape index (κ2) is 6.34. The van der Waals surface area contributed by atoms with E-state index in [1.807, 2.05) is 0 Å². The van der Waals surface area contributed by atoms with E-state index in [9.17, 15) is 14.4 Å². The Labute approximate surface area is 77.3 Å². The minimum Gasteiger partial charge on any atom is -0.469 e. The summed E-state index contributed by atoms with van der Waals surface area (Å²) < 4.78 is 4.33. The molecular formula is C9H14O4. The molecular weight excluding hydrogens is 172 g/mol. The maximum absolute atomic E-state index is 11.1. The molecule has 0 amide bonds. The Morgan fingerprint density at radius 2 is 2.08 bits per heavy atom. The number of hydrogen-bond donors (Lipinski definition) is 0. The Hall–Kier alpha value is -1.19. The van der Waals surface area contributed by atoms with Gasteiger partial charge in [-0.1, -0.05) is 6.92 Å². The number of ether oxygens (including phenoxy) is 1. The van der Waals surface area contributed by atoms with Crippen LogP contribution in [0.4, 0.5) is 0 Å². The van der Waals surface area contributed by atoms with E-state index >= 15 is 0 Å². The third kappa shape index (κ3) is 6.02. The first-order valence-corrected chi connectivity index (χ1v) is 4.12. The Kier molecular flexibility index (Phi) is 5.76. The Morgan fingerprint density at radius 1 is 1.46 bits per heavy atom. The number of ketones is 1. The lowest BCUT2D eigenvalue weighted by molar-refractivity contribution is -0.143. The summed E-state index contributed by atoms with van der Waals surface area (Å²) in [5.41, 5.74) is 0. The van der Waals surface area contributed by atoms with Gasteiger partial charge in [0.2, 0.25) is 0 Å². The Balaban J connectivity index is 3.73. The predicted octanol–water partition coefficient (Wildman–Crippen LogP) is 0.734. The van der Waals surface area contributed by atoms with E-state index in [2.05, 4.69) is 4.74 Å².